The second kappa shape index (κ2) is 16.4. The zero-order chi connectivity index (χ0) is 41.4. The minimum Gasteiger partial charge on any atom is -0.377 e. The number of piperidine rings is 1. The van der Waals surface area contributed by atoms with Gasteiger partial charge < -0.3 is 15.0 Å². The standard InChI is InChI=1S/C41H50F3N7O5S/c1-25-22-48(23-26(2)49(25)24-35(53)46-29-9-7-28(8-10-29)40(5)17-16-34(52)47-36(40)54)18-19-56-32-14-12-30(13-15-32)51-38(57)50(37(55)39(51,3)4)31-11-6-27(21-45)33(20-31)41(42,43)44/h6-11,20,25-26,30,32H,12-19,22-24H2,1-5H3,(H,46,53)(H,47,52,54)/t25-,26+,30?,32?,40?. The first-order chi connectivity index (χ1) is 26.8. The Kier molecular flexibility index (Phi) is 12.2. The molecule has 3 heterocycles. The van der Waals surface area contributed by atoms with Gasteiger partial charge in [0.05, 0.1) is 47.6 Å². The molecule has 2 aromatic rings. The summed E-state index contributed by atoms with van der Waals surface area (Å²) in [5.74, 6) is -1.11. The molecule has 2 N–H and O–H groups in total. The molecule has 6 rings (SSSR count). The molecule has 3 saturated heterocycles. The number of imide groups is 1. The van der Waals surface area contributed by atoms with Crippen LogP contribution in [0.4, 0.5) is 24.5 Å². The van der Waals surface area contributed by atoms with Gasteiger partial charge in [0.2, 0.25) is 17.7 Å². The maximum atomic E-state index is 13.7. The van der Waals surface area contributed by atoms with Crippen LogP contribution in [-0.4, -0.2) is 106 Å². The van der Waals surface area contributed by atoms with Crippen LogP contribution in [0.25, 0.3) is 0 Å². The van der Waals surface area contributed by atoms with Crippen LogP contribution < -0.4 is 15.5 Å². The zero-order valence-electron chi connectivity index (χ0n) is 32.9. The van der Waals surface area contributed by atoms with Gasteiger partial charge in [0.25, 0.3) is 5.91 Å². The highest BCUT2D eigenvalue weighted by Crippen LogP contribution is 2.41. The molecule has 0 radical (unpaired) electrons. The van der Waals surface area contributed by atoms with Crippen molar-refractivity contribution in [3.05, 3.63) is 59.2 Å². The van der Waals surface area contributed by atoms with Gasteiger partial charge in [-0.05, 0) is 115 Å². The second-order valence-corrected chi connectivity index (χ2v) is 16.8. The molecule has 3 aliphatic heterocycles. The SMILES string of the molecule is C[C@@H]1CN(CCOC2CCC(N3C(=S)N(c4ccc(C#N)c(C(F)(F)F)c4)C(=O)C3(C)C)CC2)C[C@H](C)N1CC(=O)Nc1ccc(C2(C)CCC(=O)NC2=O)cc1. The number of carbonyl (C=O) groups excluding carboxylic acids is 4. The quantitative estimate of drug-likeness (QED) is 0.239. The molecule has 1 unspecified atom stereocenters. The van der Waals surface area contributed by atoms with E-state index in [0.717, 1.165) is 55.1 Å². The summed E-state index contributed by atoms with van der Waals surface area (Å²) >= 11 is 5.74. The van der Waals surface area contributed by atoms with Gasteiger partial charge in [-0.25, -0.2) is 0 Å². The highest BCUT2D eigenvalue weighted by molar-refractivity contribution is 7.80. The Morgan fingerprint density at radius 2 is 1.67 bits per heavy atom. The van der Waals surface area contributed by atoms with Gasteiger partial charge in [0.15, 0.2) is 5.11 Å². The Balaban J connectivity index is 0.947. The number of halogens is 3. The lowest BCUT2D eigenvalue weighted by molar-refractivity contribution is -0.138. The third-order valence-electron chi connectivity index (χ3n) is 12.1. The van der Waals surface area contributed by atoms with Crippen molar-refractivity contribution in [2.45, 2.75) is 115 Å². The lowest BCUT2D eigenvalue weighted by atomic mass is 9.75. The van der Waals surface area contributed by atoms with E-state index in [1.54, 1.807) is 32.0 Å². The van der Waals surface area contributed by atoms with Crippen LogP contribution in [0.5, 0.6) is 0 Å². The summed E-state index contributed by atoms with van der Waals surface area (Å²) in [5.41, 5.74) is -2.08. The number of carbonyl (C=O) groups is 4. The number of rotatable bonds is 10. The number of ether oxygens (including phenoxy) is 1. The van der Waals surface area contributed by atoms with Crippen LogP contribution in [-0.2, 0) is 35.5 Å². The molecule has 2 aromatic carbocycles. The van der Waals surface area contributed by atoms with E-state index in [-0.39, 0.29) is 65.7 Å². The number of amides is 4. The first-order valence-corrected chi connectivity index (χ1v) is 19.9. The first-order valence-electron chi connectivity index (χ1n) is 19.5. The molecule has 57 heavy (non-hydrogen) atoms. The molecule has 4 amide bonds. The third kappa shape index (κ3) is 8.72. The topological polar surface area (TPSA) is 138 Å². The molecule has 3 atom stereocenters. The Hall–Kier alpha value is -4.43. The number of thiocarbonyl (C=S) groups is 1. The highest BCUT2D eigenvalue weighted by Gasteiger charge is 2.53. The number of nitriles is 1. The molecule has 1 aliphatic carbocycles. The van der Waals surface area contributed by atoms with E-state index in [0.29, 0.717) is 31.6 Å². The average Bonchev–Trinajstić information content (AvgIpc) is 3.33. The van der Waals surface area contributed by atoms with Gasteiger partial charge in [-0.2, -0.15) is 18.4 Å². The largest absolute Gasteiger partial charge is 0.417 e. The van der Waals surface area contributed by atoms with Crippen LogP contribution in [0.3, 0.4) is 0 Å². The fraction of sp³-hybridized carbons (Fsp3) is 0.561. The van der Waals surface area contributed by atoms with E-state index in [9.17, 15) is 37.6 Å². The molecule has 0 aromatic heterocycles. The number of benzene rings is 2. The summed E-state index contributed by atoms with van der Waals surface area (Å²) in [7, 11) is 0. The fourth-order valence-electron chi connectivity index (χ4n) is 8.80. The summed E-state index contributed by atoms with van der Waals surface area (Å²) in [5, 5.41) is 14.8. The maximum absolute atomic E-state index is 13.7. The van der Waals surface area contributed by atoms with Crippen molar-refractivity contribution in [2.24, 2.45) is 0 Å². The fourth-order valence-corrected chi connectivity index (χ4v) is 9.37. The van der Waals surface area contributed by atoms with Gasteiger partial charge in [0.1, 0.15) is 5.54 Å². The van der Waals surface area contributed by atoms with Crippen LogP contribution in [0.2, 0.25) is 0 Å². The highest BCUT2D eigenvalue weighted by atomic mass is 32.1. The molecule has 12 nitrogen and oxygen atoms in total. The molecule has 0 bridgehead atoms. The molecule has 0 spiro atoms. The predicted molar refractivity (Wildman–Crippen MR) is 211 cm³/mol. The van der Waals surface area contributed by atoms with Crippen LogP contribution in [0, 0.1) is 11.3 Å². The summed E-state index contributed by atoms with van der Waals surface area (Å²) in [6.45, 7) is 12.6. The summed E-state index contributed by atoms with van der Waals surface area (Å²) in [6, 6.07) is 12.2. The van der Waals surface area contributed by atoms with Crippen molar-refractivity contribution in [3.63, 3.8) is 0 Å². The van der Waals surface area contributed by atoms with Gasteiger partial charge >= 0.3 is 6.18 Å². The van der Waals surface area contributed by atoms with Gasteiger partial charge in [-0.1, -0.05) is 12.1 Å². The van der Waals surface area contributed by atoms with Crippen molar-refractivity contribution in [1.29, 1.82) is 5.26 Å². The summed E-state index contributed by atoms with van der Waals surface area (Å²) in [6.07, 6.45) is -1.12. The minimum absolute atomic E-state index is 0.0122. The number of hydrogen-bond acceptors (Lipinski definition) is 9. The summed E-state index contributed by atoms with van der Waals surface area (Å²) in [4.78, 5) is 58.4. The average molecular weight is 810 g/mol. The number of hydrogen-bond donors (Lipinski definition) is 2. The van der Waals surface area contributed by atoms with Crippen LogP contribution in [0.15, 0.2) is 42.5 Å². The molecule has 4 aliphatic rings. The zero-order valence-corrected chi connectivity index (χ0v) is 33.8. The Labute approximate surface area is 336 Å². The van der Waals surface area contributed by atoms with Crippen molar-refractivity contribution in [2.75, 3.05) is 43.0 Å². The van der Waals surface area contributed by atoms with Crippen molar-refractivity contribution in [1.82, 2.24) is 20.0 Å². The molecular formula is C41H50F3N7O5S. The van der Waals surface area contributed by atoms with E-state index in [2.05, 4.69) is 34.3 Å². The number of nitrogens with zero attached hydrogens (tertiary/aromatic N) is 5. The maximum Gasteiger partial charge on any atom is 0.417 e. The third-order valence-corrected chi connectivity index (χ3v) is 12.5. The van der Waals surface area contributed by atoms with E-state index >= 15 is 0 Å². The monoisotopic (exact) mass is 809 g/mol. The smallest absolute Gasteiger partial charge is 0.377 e. The lowest BCUT2D eigenvalue weighted by Crippen LogP contribution is -2.58. The van der Waals surface area contributed by atoms with Crippen molar-refractivity contribution >= 4 is 52.3 Å². The predicted octanol–water partition coefficient (Wildman–Crippen LogP) is 5.34. The van der Waals surface area contributed by atoms with E-state index in [1.807, 2.05) is 24.0 Å². The Bertz CT molecular complexity index is 1930. The molecule has 306 valence electrons. The second-order valence-electron chi connectivity index (χ2n) is 16.5. The molecule has 4 fully saturated rings. The summed E-state index contributed by atoms with van der Waals surface area (Å²) < 4.78 is 47.5. The number of piperazine rings is 1. The first kappa shape index (κ1) is 42.2. The number of alkyl halides is 3. The van der Waals surface area contributed by atoms with E-state index in [4.69, 9.17) is 17.0 Å². The Morgan fingerprint density at radius 3 is 2.26 bits per heavy atom. The molecule has 1 saturated carbocycles. The van der Waals surface area contributed by atoms with Crippen LogP contribution >= 0.6 is 12.2 Å². The van der Waals surface area contributed by atoms with E-state index in [1.165, 1.54) is 6.07 Å². The van der Waals surface area contributed by atoms with Gasteiger partial charge in [0, 0.05) is 49.9 Å². The lowest BCUT2D eigenvalue weighted by Gasteiger charge is -2.44. The van der Waals surface area contributed by atoms with Crippen LogP contribution in [0.1, 0.15) is 89.8 Å². The van der Waals surface area contributed by atoms with Gasteiger partial charge in [-0.15, -0.1) is 0 Å². The Morgan fingerprint density at radius 1 is 1.02 bits per heavy atom. The van der Waals surface area contributed by atoms with Crippen molar-refractivity contribution < 1.29 is 37.1 Å². The number of anilines is 2. The minimum atomic E-state index is -4.76. The normalized spacial score (nSPS) is 27.4. The molecular weight excluding hydrogens is 760 g/mol. The molecule has 16 heteroatoms. The van der Waals surface area contributed by atoms with E-state index < -0.39 is 34.2 Å². The van der Waals surface area contributed by atoms with Gasteiger partial charge in [-0.3, -0.25) is 39.2 Å². The number of nitrogens with one attached hydrogen (secondary N) is 2. The van der Waals surface area contributed by atoms with Crippen molar-refractivity contribution in [3.8, 4) is 6.07 Å².